The molecule has 0 spiro atoms. The van der Waals surface area contributed by atoms with Gasteiger partial charge in [-0.15, -0.1) is 0 Å². The Hall–Kier alpha value is -1.11. The molecular formula is C11H12O. The van der Waals surface area contributed by atoms with Crippen LogP contribution in [0.4, 0.5) is 0 Å². The molecule has 62 valence electrons. The maximum absolute atomic E-state index is 11.1. The van der Waals surface area contributed by atoms with Crippen LogP contribution in [0, 0.1) is 6.92 Å². The SMILES string of the molecule is Cc1ccc(C2CCC2=O)cc1. The van der Waals surface area contributed by atoms with Gasteiger partial charge in [0.15, 0.2) is 0 Å². The summed E-state index contributed by atoms with van der Waals surface area (Å²) in [6.07, 6.45) is 1.82. The number of carbonyl (C=O) groups excluding carboxylic acids is 1. The van der Waals surface area contributed by atoms with Gasteiger partial charge < -0.3 is 0 Å². The Balaban J connectivity index is 2.23. The van der Waals surface area contributed by atoms with E-state index in [0.29, 0.717) is 5.78 Å². The van der Waals surface area contributed by atoms with Gasteiger partial charge in [-0.3, -0.25) is 4.79 Å². The van der Waals surface area contributed by atoms with E-state index in [9.17, 15) is 4.79 Å². The quantitative estimate of drug-likeness (QED) is 0.616. The van der Waals surface area contributed by atoms with Crippen LogP contribution in [0.1, 0.15) is 29.9 Å². The lowest BCUT2D eigenvalue weighted by molar-refractivity contribution is -0.125. The molecule has 1 fully saturated rings. The Labute approximate surface area is 72.4 Å². The first kappa shape index (κ1) is 7.53. The molecule has 12 heavy (non-hydrogen) atoms. The van der Waals surface area contributed by atoms with Crippen molar-refractivity contribution in [2.45, 2.75) is 25.7 Å². The summed E-state index contributed by atoms with van der Waals surface area (Å²) in [5, 5.41) is 0. The zero-order chi connectivity index (χ0) is 8.55. The molecule has 1 aromatic carbocycles. The number of hydrogen-bond donors (Lipinski definition) is 0. The van der Waals surface area contributed by atoms with Crippen LogP contribution < -0.4 is 0 Å². The van der Waals surface area contributed by atoms with Crippen LogP contribution in [0.2, 0.25) is 0 Å². The average molecular weight is 160 g/mol. The zero-order valence-corrected chi connectivity index (χ0v) is 7.21. The van der Waals surface area contributed by atoms with Gasteiger partial charge in [0.05, 0.1) is 0 Å². The first-order chi connectivity index (χ1) is 5.77. The number of benzene rings is 1. The Morgan fingerprint density at radius 1 is 1.25 bits per heavy atom. The molecule has 1 aliphatic carbocycles. The summed E-state index contributed by atoms with van der Waals surface area (Å²) in [6.45, 7) is 2.06. The summed E-state index contributed by atoms with van der Waals surface area (Å²) in [5.41, 5.74) is 2.45. The van der Waals surface area contributed by atoms with E-state index in [-0.39, 0.29) is 5.92 Å². The van der Waals surface area contributed by atoms with E-state index in [1.807, 2.05) is 0 Å². The van der Waals surface area contributed by atoms with E-state index in [1.54, 1.807) is 0 Å². The maximum Gasteiger partial charge on any atom is 0.140 e. The normalized spacial score (nSPS) is 22.1. The van der Waals surface area contributed by atoms with Crippen LogP contribution in [0.5, 0.6) is 0 Å². The third-order valence-corrected chi connectivity index (χ3v) is 2.55. The lowest BCUT2D eigenvalue weighted by Crippen LogP contribution is -2.22. The number of aryl methyl sites for hydroxylation is 1. The molecule has 0 bridgehead atoms. The van der Waals surface area contributed by atoms with E-state index in [2.05, 4.69) is 31.2 Å². The van der Waals surface area contributed by atoms with E-state index in [0.717, 1.165) is 12.8 Å². The second-order valence-corrected chi connectivity index (χ2v) is 3.47. The zero-order valence-electron chi connectivity index (χ0n) is 7.21. The average Bonchev–Trinajstić information content (AvgIpc) is 2.06. The van der Waals surface area contributed by atoms with Crippen LogP contribution in [-0.2, 0) is 4.79 Å². The molecule has 1 atom stereocenters. The molecule has 1 saturated carbocycles. The highest BCUT2D eigenvalue weighted by Crippen LogP contribution is 2.32. The first-order valence-corrected chi connectivity index (χ1v) is 4.36. The van der Waals surface area contributed by atoms with Gasteiger partial charge in [-0.2, -0.15) is 0 Å². The lowest BCUT2D eigenvalue weighted by atomic mass is 9.78. The summed E-state index contributed by atoms with van der Waals surface area (Å²) < 4.78 is 0. The second kappa shape index (κ2) is 2.74. The topological polar surface area (TPSA) is 17.1 Å². The van der Waals surface area contributed by atoms with Crippen molar-refractivity contribution in [3.8, 4) is 0 Å². The highest BCUT2D eigenvalue weighted by atomic mass is 16.1. The van der Waals surface area contributed by atoms with Gasteiger partial charge in [0, 0.05) is 12.3 Å². The monoisotopic (exact) mass is 160 g/mol. The number of ketones is 1. The van der Waals surface area contributed by atoms with Gasteiger partial charge >= 0.3 is 0 Å². The molecule has 0 N–H and O–H groups in total. The minimum Gasteiger partial charge on any atom is -0.299 e. The fraction of sp³-hybridized carbons (Fsp3) is 0.364. The molecule has 1 nitrogen and oxygen atoms in total. The summed E-state index contributed by atoms with van der Waals surface area (Å²) >= 11 is 0. The first-order valence-electron chi connectivity index (χ1n) is 4.36. The molecule has 1 aliphatic rings. The number of hydrogen-bond acceptors (Lipinski definition) is 1. The highest BCUT2D eigenvalue weighted by Gasteiger charge is 2.28. The Bertz CT molecular complexity index is 297. The molecule has 0 radical (unpaired) electrons. The summed E-state index contributed by atoms with van der Waals surface area (Å²) in [5.74, 6) is 0.615. The lowest BCUT2D eigenvalue weighted by Gasteiger charge is -2.24. The van der Waals surface area contributed by atoms with Crippen LogP contribution in [0.25, 0.3) is 0 Å². The van der Waals surface area contributed by atoms with Crippen molar-refractivity contribution in [3.63, 3.8) is 0 Å². The van der Waals surface area contributed by atoms with Crippen LogP contribution in [-0.4, -0.2) is 5.78 Å². The van der Waals surface area contributed by atoms with Crippen molar-refractivity contribution in [2.75, 3.05) is 0 Å². The third-order valence-electron chi connectivity index (χ3n) is 2.55. The van der Waals surface area contributed by atoms with Crippen molar-refractivity contribution >= 4 is 5.78 Å². The number of rotatable bonds is 1. The van der Waals surface area contributed by atoms with Gasteiger partial charge in [-0.05, 0) is 18.9 Å². The molecule has 1 aromatic rings. The van der Waals surface area contributed by atoms with Gasteiger partial charge in [-0.1, -0.05) is 29.8 Å². The van der Waals surface area contributed by atoms with Gasteiger partial charge in [0.2, 0.25) is 0 Å². The highest BCUT2D eigenvalue weighted by molar-refractivity contribution is 5.91. The fourth-order valence-corrected chi connectivity index (χ4v) is 1.56. The number of Topliss-reactive ketones (excluding diaryl/α,β-unsaturated/α-hetero) is 1. The largest absolute Gasteiger partial charge is 0.299 e. The molecule has 1 heteroatoms. The molecule has 0 amide bonds. The van der Waals surface area contributed by atoms with Crippen LogP contribution >= 0.6 is 0 Å². The molecule has 1 unspecified atom stereocenters. The molecule has 0 aromatic heterocycles. The minimum atomic E-state index is 0.214. The van der Waals surface area contributed by atoms with Crippen molar-refractivity contribution in [1.82, 2.24) is 0 Å². The Kier molecular flexibility index (Phi) is 1.72. The van der Waals surface area contributed by atoms with Crippen molar-refractivity contribution < 1.29 is 4.79 Å². The van der Waals surface area contributed by atoms with E-state index < -0.39 is 0 Å². The fourth-order valence-electron chi connectivity index (χ4n) is 1.56. The summed E-state index contributed by atoms with van der Waals surface area (Å²) in [7, 11) is 0. The molecule has 0 saturated heterocycles. The van der Waals surface area contributed by atoms with E-state index >= 15 is 0 Å². The van der Waals surface area contributed by atoms with E-state index in [1.165, 1.54) is 11.1 Å². The van der Waals surface area contributed by atoms with E-state index in [4.69, 9.17) is 0 Å². The minimum absolute atomic E-state index is 0.214. The van der Waals surface area contributed by atoms with Crippen LogP contribution in [0.3, 0.4) is 0 Å². The molecule has 0 aliphatic heterocycles. The maximum atomic E-state index is 11.1. The smallest absolute Gasteiger partial charge is 0.140 e. The summed E-state index contributed by atoms with van der Waals surface area (Å²) in [6, 6.07) is 8.27. The third kappa shape index (κ3) is 1.15. The Morgan fingerprint density at radius 2 is 1.92 bits per heavy atom. The predicted octanol–water partition coefficient (Wildman–Crippen LogP) is 2.44. The molecular weight excluding hydrogens is 148 g/mol. The second-order valence-electron chi connectivity index (χ2n) is 3.47. The van der Waals surface area contributed by atoms with Crippen LogP contribution in [0.15, 0.2) is 24.3 Å². The Morgan fingerprint density at radius 3 is 2.33 bits per heavy atom. The van der Waals surface area contributed by atoms with Gasteiger partial charge in [-0.25, -0.2) is 0 Å². The van der Waals surface area contributed by atoms with Crippen molar-refractivity contribution in [2.24, 2.45) is 0 Å². The van der Waals surface area contributed by atoms with Gasteiger partial charge in [0.25, 0.3) is 0 Å². The number of carbonyl (C=O) groups is 1. The van der Waals surface area contributed by atoms with Crippen molar-refractivity contribution in [3.05, 3.63) is 35.4 Å². The van der Waals surface area contributed by atoms with Gasteiger partial charge in [0.1, 0.15) is 5.78 Å². The summed E-state index contributed by atoms with van der Waals surface area (Å²) in [4.78, 5) is 11.1. The standard InChI is InChI=1S/C11H12O/c1-8-2-4-9(5-3-8)10-6-7-11(10)12/h2-5,10H,6-7H2,1H3. The molecule has 2 rings (SSSR count). The van der Waals surface area contributed by atoms with Crippen molar-refractivity contribution in [1.29, 1.82) is 0 Å². The predicted molar refractivity (Wildman–Crippen MR) is 48.2 cm³/mol. The molecule has 0 heterocycles.